The first-order chi connectivity index (χ1) is 7.86. The summed E-state index contributed by atoms with van der Waals surface area (Å²) < 4.78 is 5.60. The minimum absolute atomic E-state index is 0.750. The Balaban J connectivity index is 2.31. The van der Waals surface area contributed by atoms with Gasteiger partial charge in [0.15, 0.2) is 0 Å². The van der Waals surface area contributed by atoms with Crippen molar-refractivity contribution in [2.24, 2.45) is 5.73 Å². The number of hydrogen-bond acceptors (Lipinski definition) is 2. The van der Waals surface area contributed by atoms with E-state index in [0.717, 1.165) is 25.1 Å². The lowest BCUT2D eigenvalue weighted by Gasteiger charge is -2.21. The predicted molar refractivity (Wildman–Crippen MR) is 67.0 cm³/mol. The van der Waals surface area contributed by atoms with Crippen molar-refractivity contribution in [1.82, 2.24) is 0 Å². The second-order valence-electron chi connectivity index (χ2n) is 4.49. The van der Waals surface area contributed by atoms with E-state index in [1.807, 2.05) is 0 Å². The molecule has 2 nitrogen and oxygen atoms in total. The van der Waals surface area contributed by atoms with Gasteiger partial charge in [-0.25, -0.2) is 0 Å². The largest absolute Gasteiger partial charge is 0.496 e. The van der Waals surface area contributed by atoms with Crippen LogP contribution in [0.25, 0.3) is 0 Å². The molecule has 2 heteroatoms. The number of rotatable bonds is 4. The van der Waals surface area contributed by atoms with E-state index in [1.54, 1.807) is 7.11 Å². The maximum absolute atomic E-state index is 5.60. The van der Waals surface area contributed by atoms with Crippen LogP contribution in [0.2, 0.25) is 0 Å². The lowest BCUT2D eigenvalue weighted by atomic mass is 9.88. The number of fused-ring (bicyclic) bond motifs is 1. The summed E-state index contributed by atoms with van der Waals surface area (Å²) in [6.07, 6.45) is 7.07. The van der Waals surface area contributed by atoms with Gasteiger partial charge in [0, 0.05) is 0 Å². The molecule has 1 aromatic rings. The molecule has 0 radical (unpaired) electrons. The third kappa shape index (κ3) is 2.22. The van der Waals surface area contributed by atoms with Gasteiger partial charge >= 0.3 is 0 Å². The molecule has 0 atom stereocenters. The SMILES string of the molecule is COc1c(CCCN)ccc2c1CCCC2. The smallest absolute Gasteiger partial charge is 0.125 e. The van der Waals surface area contributed by atoms with E-state index >= 15 is 0 Å². The molecule has 0 aliphatic heterocycles. The summed E-state index contributed by atoms with van der Waals surface area (Å²) in [5, 5.41) is 0. The van der Waals surface area contributed by atoms with E-state index < -0.39 is 0 Å². The lowest BCUT2D eigenvalue weighted by molar-refractivity contribution is 0.400. The van der Waals surface area contributed by atoms with E-state index in [9.17, 15) is 0 Å². The second-order valence-corrected chi connectivity index (χ2v) is 4.49. The fourth-order valence-electron chi connectivity index (χ4n) is 2.59. The Labute approximate surface area is 97.8 Å². The van der Waals surface area contributed by atoms with E-state index in [4.69, 9.17) is 10.5 Å². The van der Waals surface area contributed by atoms with Crippen molar-refractivity contribution in [1.29, 1.82) is 0 Å². The van der Waals surface area contributed by atoms with Gasteiger partial charge in [-0.3, -0.25) is 0 Å². The molecule has 0 spiro atoms. The van der Waals surface area contributed by atoms with E-state index in [0.29, 0.717) is 0 Å². The average molecular weight is 219 g/mol. The van der Waals surface area contributed by atoms with Crippen LogP contribution < -0.4 is 10.5 Å². The van der Waals surface area contributed by atoms with Crippen LogP contribution in [-0.4, -0.2) is 13.7 Å². The van der Waals surface area contributed by atoms with Crippen molar-refractivity contribution in [3.63, 3.8) is 0 Å². The minimum atomic E-state index is 0.750. The third-order valence-electron chi connectivity index (χ3n) is 3.42. The van der Waals surface area contributed by atoms with Crippen LogP contribution in [0.3, 0.4) is 0 Å². The zero-order valence-corrected chi connectivity index (χ0v) is 10.1. The van der Waals surface area contributed by atoms with Crippen LogP contribution in [0, 0.1) is 0 Å². The number of hydrogen-bond donors (Lipinski definition) is 1. The van der Waals surface area contributed by atoms with Crippen LogP contribution in [0.15, 0.2) is 12.1 Å². The molecule has 2 rings (SSSR count). The van der Waals surface area contributed by atoms with Gasteiger partial charge in [0.25, 0.3) is 0 Å². The maximum Gasteiger partial charge on any atom is 0.125 e. The van der Waals surface area contributed by atoms with E-state index in [1.165, 1.54) is 42.4 Å². The Morgan fingerprint density at radius 2 is 2.06 bits per heavy atom. The number of methoxy groups -OCH3 is 1. The Bertz CT molecular complexity index is 360. The molecule has 0 heterocycles. The molecule has 0 unspecified atom stereocenters. The van der Waals surface area contributed by atoms with Crippen molar-refractivity contribution >= 4 is 0 Å². The molecule has 0 amide bonds. The first kappa shape index (κ1) is 11.5. The molecular weight excluding hydrogens is 198 g/mol. The number of benzene rings is 1. The Morgan fingerprint density at radius 3 is 2.81 bits per heavy atom. The highest BCUT2D eigenvalue weighted by atomic mass is 16.5. The number of nitrogens with two attached hydrogens (primary N) is 1. The highest BCUT2D eigenvalue weighted by Gasteiger charge is 2.16. The van der Waals surface area contributed by atoms with Gasteiger partial charge in [-0.1, -0.05) is 12.1 Å². The van der Waals surface area contributed by atoms with Gasteiger partial charge in [0.2, 0.25) is 0 Å². The Kier molecular flexibility index (Phi) is 3.83. The number of ether oxygens (including phenoxy) is 1. The van der Waals surface area contributed by atoms with E-state index in [2.05, 4.69) is 12.1 Å². The van der Waals surface area contributed by atoms with Gasteiger partial charge in [-0.2, -0.15) is 0 Å². The molecule has 0 fully saturated rings. The molecule has 88 valence electrons. The summed E-state index contributed by atoms with van der Waals surface area (Å²) in [6, 6.07) is 4.50. The first-order valence-corrected chi connectivity index (χ1v) is 6.24. The summed E-state index contributed by atoms with van der Waals surface area (Å²) >= 11 is 0. The molecule has 0 saturated heterocycles. The quantitative estimate of drug-likeness (QED) is 0.844. The van der Waals surface area contributed by atoms with Crippen LogP contribution >= 0.6 is 0 Å². The molecule has 1 aliphatic carbocycles. The fraction of sp³-hybridized carbons (Fsp3) is 0.571. The summed E-state index contributed by atoms with van der Waals surface area (Å²) in [5.74, 6) is 1.13. The van der Waals surface area contributed by atoms with Gasteiger partial charge in [0.05, 0.1) is 7.11 Å². The van der Waals surface area contributed by atoms with Crippen molar-refractivity contribution in [2.75, 3.05) is 13.7 Å². The topological polar surface area (TPSA) is 35.2 Å². The minimum Gasteiger partial charge on any atom is -0.496 e. The van der Waals surface area contributed by atoms with Gasteiger partial charge < -0.3 is 10.5 Å². The van der Waals surface area contributed by atoms with Gasteiger partial charge in [-0.15, -0.1) is 0 Å². The molecule has 1 aliphatic rings. The van der Waals surface area contributed by atoms with Crippen molar-refractivity contribution in [3.05, 3.63) is 28.8 Å². The standard InChI is InChI=1S/C14H21NO/c1-16-14-12(6-4-10-15)9-8-11-5-2-3-7-13(11)14/h8-9H,2-7,10,15H2,1H3. The molecule has 2 N–H and O–H groups in total. The van der Waals surface area contributed by atoms with Crippen LogP contribution in [-0.2, 0) is 19.3 Å². The van der Waals surface area contributed by atoms with Crippen molar-refractivity contribution < 1.29 is 4.74 Å². The maximum atomic E-state index is 5.60. The monoisotopic (exact) mass is 219 g/mol. The molecule has 0 aromatic heterocycles. The van der Waals surface area contributed by atoms with Crippen LogP contribution in [0.5, 0.6) is 5.75 Å². The van der Waals surface area contributed by atoms with Crippen molar-refractivity contribution in [3.8, 4) is 5.75 Å². The van der Waals surface area contributed by atoms with Gasteiger partial charge in [-0.05, 0) is 61.8 Å². The third-order valence-corrected chi connectivity index (χ3v) is 3.42. The van der Waals surface area contributed by atoms with Crippen LogP contribution in [0.4, 0.5) is 0 Å². The van der Waals surface area contributed by atoms with Crippen LogP contribution in [0.1, 0.15) is 36.0 Å². The first-order valence-electron chi connectivity index (χ1n) is 6.24. The summed E-state index contributed by atoms with van der Waals surface area (Å²) in [5.41, 5.74) is 9.83. The molecular formula is C14H21NO. The molecule has 1 aromatic carbocycles. The molecule has 16 heavy (non-hydrogen) atoms. The summed E-state index contributed by atoms with van der Waals surface area (Å²) in [7, 11) is 1.79. The van der Waals surface area contributed by atoms with Crippen molar-refractivity contribution in [2.45, 2.75) is 38.5 Å². The highest BCUT2D eigenvalue weighted by molar-refractivity contribution is 5.47. The Morgan fingerprint density at radius 1 is 1.25 bits per heavy atom. The molecule has 0 bridgehead atoms. The molecule has 0 saturated carbocycles. The summed E-state index contributed by atoms with van der Waals surface area (Å²) in [6.45, 7) is 0.750. The fourth-order valence-corrected chi connectivity index (χ4v) is 2.59. The normalized spacial score (nSPS) is 14.6. The zero-order chi connectivity index (χ0) is 11.4. The lowest BCUT2D eigenvalue weighted by Crippen LogP contribution is -2.08. The predicted octanol–water partition coefficient (Wildman–Crippen LogP) is 2.47. The number of aryl methyl sites for hydroxylation is 2. The van der Waals surface area contributed by atoms with E-state index in [-0.39, 0.29) is 0 Å². The average Bonchev–Trinajstić information content (AvgIpc) is 2.35. The zero-order valence-electron chi connectivity index (χ0n) is 10.1. The second kappa shape index (κ2) is 5.35. The Hall–Kier alpha value is -1.02. The van der Waals surface area contributed by atoms with Gasteiger partial charge in [0.1, 0.15) is 5.75 Å². The summed E-state index contributed by atoms with van der Waals surface area (Å²) in [4.78, 5) is 0. The highest BCUT2D eigenvalue weighted by Crippen LogP contribution is 2.33.